The fraction of sp³-hybridized carbons (Fsp3) is 0.143. The van der Waals surface area contributed by atoms with Crippen LogP contribution < -0.4 is 10.6 Å². The molecule has 5 heteroatoms. The van der Waals surface area contributed by atoms with Crippen molar-refractivity contribution in [3.63, 3.8) is 0 Å². The van der Waals surface area contributed by atoms with E-state index in [2.05, 4.69) is 10.6 Å². The molecular weight excluding hydrogens is 328 g/mol. The molecule has 0 saturated heterocycles. The van der Waals surface area contributed by atoms with Gasteiger partial charge in [-0.25, -0.2) is 4.79 Å². The summed E-state index contributed by atoms with van der Waals surface area (Å²) in [5.74, 6) is -0.961. The van der Waals surface area contributed by atoms with Crippen LogP contribution in [0.4, 0.5) is 10.5 Å². The molecule has 1 atom stereocenters. The Balaban J connectivity index is 1.79. The maximum Gasteiger partial charge on any atom is 0.319 e. The van der Waals surface area contributed by atoms with Crippen LogP contribution in [-0.2, 0) is 4.79 Å². The molecule has 1 unspecified atom stereocenters. The van der Waals surface area contributed by atoms with Gasteiger partial charge in [-0.2, -0.15) is 0 Å². The third kappa shape index (κ3) is 3.67. The highest BCUT2D eigenvalue weighted by atomic mass is 16.4. The highest BCUT2D eigenvalue weighted by molar-refractivity contribution is 5.95. The van der Waals surface area contributed by atoms with Gasteiger partial charge in [0.15, 0.2) is 0 Å². The standard InChI is InChI=1S/C21H20N2O3/c24-19(25)21(15-22-20(26)23-17-11-5-2-6-12-17)14-8-7-13-18(21)16-9-3-1-4-10-16/h1-13H,14-15H2,(H,24,25)(H2,22,23,26). The lowest BCUT2D eigenvalue weighted by Gasteiger charge is -2.33. The smallest absolute Gasteiger partial charge is 0.319 e. The second-order valence-corrected chi connectivity index (χ2v) is 6.14. The molecule has 0 saturated carbocycles. The van der Waals surface area contributed by atoms with Crippen LogP contribution in [0.5, 0.6) is 0 Å². The number of carboxylic acids is 1. The van der Waals surface area contributed by atoms with E-state index >= 15 is 0 Å². The minimum Gasteiger partial charge on any atom is -0.481 e. The minimum atomic E-state index is -1.20. The zero-order valence-electron chi connectivity index (χ0n) is 14.2. The largest absolute Gasteiger partial charge is 0.481 e. The number of rotatable bonds is 5. The Morgan fingerprint density at radius 1 is 1.00 bits per heavy atom. The van der Waals surface area contributed by atoms with Gasteiger partial charge in [-0.1, -0.05) is 66.8 Å². The van der Waals surface area contributed by atoms with Crippen molar-refractivity contribution in [2.45, 2.75) is 6.42 Å². The van der Waals surface area contributed by atoms with Crippen molar-refractivity contribution in [1.82, 2.24) is 5.32 Å². The Labute approximate surface area is 152 Å². The maximum atomic E-state index is 12.2. The molecule has 0 aromatic heterocycles. The summed E-state index contributed by atoms with van der Waals surface area (Å²) < 4.78 is 0. The number of nitrogens with one attached hydrogen (secondary N) is 2. The molecule has 132 valence electrons. The van der Waals surface area contributed by atoms with E-state index in [-0.39, 0.29) is 6.54 Å². The molecule has 0 fully saturated rings. The number of carbonyl (C=O) groups is 2. The second-order valence-electron chi connectivity index (χ2n) is 6.14. The lowest BCUT2D eigenvalue weighted by Crippen LogP contribution is -2.45. The Bertz CT molecular complexity index is 844. The number of aliphatic carboxylic acids is 1. The first kappa shape index (κ1) is 17.5. The summed E-state index contributed by atoms with van der Waals surface area (Å²) in [5.41, 5.74) is 0.971. The minimum absolute atomic E-state index is 0.00787. The van der Waals surface area contributed by atoms with Gasteiger partial charge < -0.3 is 15.7 Å². The molecule has 1 aliphatic rings. The van der Waals surface area contributed by atoms with Crippen LogP contribution in [0.1, 0.15) is 12.0 Å². The van der Waals surface area contributed by atoms with Crippen LogP contribution in [0.25, 0.3) is 5.57 Å². The molecule has 3 rings (SSSR count). The summed E-state index contributed by atoms with van der Waals surface area (Å²) in [5, 5.41) is 15.4. The van der Waals surface area contributed by atoms with Crippen molar-refractivity contribution in [3.05, 3.63) is 84.5 Å². The van der Waals surface area contributed by atoms with E-state index in [4.69, 9.17) is 0 Å². The zero-order chi connectivity index (χ0) is 18.4. The number of carbonyl (C=O) groups excluding carboxylic acids is 1. The van der Waals surface area contributed by atoms with Crippen LogP contribution in [0.2, 0.25) is 0 Å². The highest BCUT2D eigenvalue weighted by Crippen LogP contribution is 2.41. The number of urea groups is 1. The number of hydrogen-bond donors (Lipinski definition) is 3. The Morgan fingerprint density at radius 3 is 2.31 bits per heavy atom. The average molecular weight is 348 g/mol. The number of carboxylic acid groups (broad SMARTS) is 1. The van der Waals surface area contributed by atoms with Crippen molar-refractivity contribution in [1.29, 1.82) is 0 Å². The van der Waals surface area contributed by atoms with Crippen LogP contribution in [-0.4, -0.2) is 23.7 Å². The van der Waals surface area contributed by atoms with Gasteiger partial charge in [0, 0.05) is 12.2 Å². The van der Waals surface area contributed by atoms with E-state index in [1.165, 1.54) is 0 Å². The zero-order valence-corrected chi connectivity index (χ0v) is 14.2. The fourth-order valence-electron chi connectivity index (χ4n) is 3.07. The lowest BCUT2D eigenvalue weighted by atomic mass is 9.72. The Kier molecular flexibility index (Phi) is 5.17. The highest BCUT2D eigenvalue weighted by Gasteiger charge is 2.43. The number of hydrogen-bond acceptors (Lipinski definition) is 2. The summed E-state index contributed by atoms with van der Waals surface area (Å²) in [6, 6.07) is 18.0. The Hall–Kier alpha value is -3.34. The molecule has 2 amide bonds. The second kappa shape index (κ2) is 7.70. The van der Waals surface area contributed by atoms with E-state index in [0.717, 1.165) is 5.56 Å². The molecule has 0 spiro atoms. The number of amides is 2. The molecule has 5 nitrogen and oxygen atoms in total. The molecule has 0 heterocycles. The molecule has 2 aromatic rings. The van der Waals surface area contributed by atoms with Crippen LogP contribution in [0, 0.1) is 5.41 Å². The van der Waals surface area contributed by atoms with Crippen molar-refractivity contribution in [3.8, 4) is 0 Å². The van der Waals surface area contributed by atoms with Crippen molar-refractivity contribution < 1.29 is 14.7 Å². The van der Waals surface area contributed by atoms with E-state index in [1.807, 2.05) is 66.8 Å². The summed E-state index contributed by atoms with van der Waals surface area (Å²) >= 11 is 0. The van der Waals surface area contributed by atoms with E-state index in [9.17, 15) is 14.7 Å². The first-order chi connectivity index (χ1) is 12.6. The van der Waals surface area contributed by atoms with E-state index < -0.39 is 17.4 Å². The van der Waals surface area contributed by atoms with Crippen molar-refractivity contribution >= 4 is 23.3 Å². The quantitative estimate of drug-likeness (QED) is 0.766. The molecule has 1 aliphatic carbocycles. The van der Waals surface area contributed by atoms with Crippen LogP contribution in [0.15, 0.2) is 78.9 Å². The summed E-state index contributed by atoms with van der Waals surface area (Å²) in [6.45, 7) is -0.00787. The van der Waals surface area contributed by atoms with Gasteiger partial charge in [0.1, 0.15) is 5.41 Å². The van der Waals surface area contributed by atoms with Crippen molar-refractivity contribution in [2.75, 3.05) is 11.9 Å². The van der Waals surface area contributed by atoms with Gasteiger partial charge in [-0.15, -0.1) is 0 Å². The molecule has 3 N–H and O–H groups in total. The maximum absolute atomic E-state index is 12.2. The van der Waals surface area contributed by atoms with Gasteiger partial charge in [0.25, 0.3) is 0 Å². The van der Waals surface area contributed by atoms with Gasteiger partial charge in [0.05, 0.1) is 0 Å². The molecule has 0 aliphatic heterocycles. The number of benzene rings is 2. The number of allylic oxidation sites excluding steroid dienone is 3. The molecule has 0 bridgehead atoms. The monoisotopic (exact) mass is 348 g/mol. The SMILES string of the molecule is O=C(NCC1(C(=O)O)CC=CC=C1c1ccccc1)Nc1ccccc1. The first-order valence-electron chi connectivity index (χ1n) is 8.38. The van der Waals surface area contributed by atoms with Gasteiger partial charge in [-0.3, -0.25) is 4.79 Å². The van der Waals surface area contributed by atoms with E-state index in [0.29, 0.717) is 17.7 Å². The van der Waals surface area contributed by atoms with Gasteiger partial charge >= 0.3 is 12.0 Å². The summed E-state index contributed by atoms with van der Waals surface area (Å²) in [7, 11) is 0. The summed E-state index contributed by atoms with van der Waals surface area (Å²) in [6.07, 6.45) is 5.79. The third-order valence-electron chi connectivity index (χ3n) is 4.46. The lowest BCUT2D eigenvalue weighted by molar-refractivity contribution is -0.145. The van der Waals surface area contributed by atoms with Crippen LogP contribution >= 0.6 is 0 Å². The Morgan fingerprint density at radius 2 is 1.65 bits per heavy atom. The number of para-hydroxylation sites is 1. The normalized spacial score (nSPS) is 18.7. The van der Waals surface area contributed by atoms with E-state index in [1.54, 1.807) is 12.1 Å². The summed E-state index contributed by atoms with van der Waals surface area (Å²) in [4.78, 5) is 24.4. The van der Waals surface area contributed by atoms with Crippen molar-refractivity contribution in [2.24, 2.45) is 5.41 Å². The molecule has 26 heavy (non-hydrogen) atoms. The van der Waals surface area contributed by atoms with Crippen LogP contribution in [0.3, 0.4) is 0 Å². The molecule has 0 radical (unpaired) electrons. The molecular formula is C21H20N2O3. The molecule has 2 aromatic carbocycles. The number of anilines is 1. The average Bonchev–Trinajstić information content (AvgIpc) is 2.68. The van der Waals surface area contributed by atoms with Gasteiger partial charge in [-0.05, 0) is 29.7 Å². The predicted molar refractivity (Wildman–Crippen MR) is 102 cm³/mol. The topological polar surface area (TPSA) is 78.4 Å². The van der Waals surface area contributed by atoms with Gasteiger partial charge in [0.2, 0.25) is 0 Å². The predicted octanol–water partition coefficient (Wildman–Crippen LogP) is 3.92. The first-order valence-corrected chi connectivity index (χ1v) is 8.38. The third-order valence-corrected chi connectivity index (χ3v) is 4.46. The fourth-order valence-corrected chi connectivity index (χ4v) is 3.07.